The highest BCUT2D eigenvalue weighted by Gasteiger charge is 2.32. The van der Waals surface area contributed by atoms with Gasteiger partial charge in [0.05, 0.1) is 18.3 Å². The second-order valence-corrected chi connectivity index (χ2v) is 6.97. The molecule has 1 N–H and O–H groups in total. The highest BCUT2D eigenvalue weighted by Crippen LogP contribution is 2.33. The molecule has 0 unspecified atom stereocenters. The standard InChI is InChI=1S/C17H22F3N5/c18-17(19,20)11-25-9-7-21-15(25)10-24-8-3-6-14(24)16-22-12-4-1-2-5-13(12)23-16/h7,9,14H,1-6,8,10-11H2,(H,22,23)/t14-/m0/s1. The number of fused-ring (bicyclic) bond motifs is 1. The van der Waals surface area contributed by atoms with E-state index >= 15 is 0 Å². The van der Waals surface area contributed by atoms with Crippen LogP contribution in [0.15, 0.2) is 12.4 Å². The number of aromatic amines is 1. The van der Waals surface area contributed by atoms with Crippen LogP contribution in [0.3, 0.4) is 0 Å². The molecule has 2 aromatic rings. The summed E-state index contributed by atoms with van der Waals surface area (Å²) in [6.07, 6.45) is 5.05. The lowest BCUT2D eigenvalue weighted by atomic mass is 10.0. The Morgan fingerprint density at radius 2 is 2.04 bits per heavy atom. The molecule has 3 heterocycles. The lowest BCUT2D eigenvalue weighted by molar-refractivity contribution is -0.141. The second-order valence-electron chi connectivity index (χ2n) is 6.97. The number of alkyl halides is 3. The van der Waals surface area contributed by atoms with E-state index in [4.69, 9.17) is 4.98 Å². The van der Waals surface area contributed by atoms with E-state index in [2.05, 4.69) is 14.9 Å². The first-order valence-corrected chi connectivity index (χ1v) is 8.88. The van der Waals surface area contributed by atoms with E-state index in [-0.39, 0.29) is 6.04 Å². The van der Waals surface area contributed by atoms with Gasteiger partial charge >= 0.3 is 6.18 Å². The summed E-state index contributed by atoms with van der Waals surface area (Å²) in [6, 6.07) is 0.140. The predicted molar refractivity (Wildman–Crippen MR) is 85.9 cm³/mol. The van der Waals surface area contributed by atoms with Crippen molar-refractivity contribution in [2.45, 2.75) is 63.8 Å². The third-order valence-electron chi connectivity index (χ3n) is 5.15. The molecule has 25 heavy (non-hydrogen) atoms. The number of nitrogens with zero attached hydrogens (tertiary/aromatic N) is 4. The molecule has 1 aliphatic carbocycles. The minimum Gasteiger partial charge on any atom is -0.344 e. The van der Waals surface area contributed by atoms with Gasteiger partial charge in [-0.25, -0.2) is 9.97 Å². The van der Waals surface area contributed by atoms with E-state index in [1.807, 2.05) is 0 Å². The molecule has 8 heteroatoms. The number of likely N-dealkylation sites (tertiary alicyclic amines) is 1. The summed E-state index contributed by atoms with van der Waals surface area (Å²) in [5, 5.41) is 0. The second kappa shape index (κ2) is 6.48. The summed E-state index contributed by atoms with van der Waals surface area (Å²) in [7, 11) is 0. The summed E-state index contributed by atoms with van der Waals surface area (Å²) >= 11 is 0. The van der Waals surface area contributed by atoms with Crippen molar-refractivity contribution >= 4 is 0 Å². The number of halogens is 3. The fraction of sp³-hybridized carbons (Fsp3) is 0.647. The first-order valence-electron chi connectivity index (χ1n) is 8.88. The minimum atomic E-state index is -4.24. The van der Waals surface area contributed by atoms with Gasteiger partial charge in [-0.3, -0.25) is 4.90 Å². The van der Waals surface area contributed by atoms with Crippen LogP contribution in [0, 0.1) is 0 Å². The van der Waals surface area contributed by atoms with E-state index in [0.29, 0.717) is 12.4 Å². The Labute approximate surface area is 144 Å². The monoisotopic (exact) mass is 353 g/mol. The first kappa shape index (κ1) is 16.6. The van der Waals surface area contributed by atoms with Crippen LogP contribution in [0.4, 0.5) is 13.2 Å². The van der Waals surface area contributed by atoms with E-state index in [1.54, 1.807) is 0 Å². The first-order chi connectivity index (χ1) is 12.0. The van der Waals surface area contributed by atoms with Gasteiger partial charge in [-0.15, -0.1) is 0 Å². The normalized spacial score (nSPS) is 21.6. The van der Waals surface area contributed by atoms with Crippen molar-refractivity contribution in [2.24, 2.45) is 0 Å². The van der Waals surface area contributed by atoms with Crippen molar-refractivity contribution in [3.63, 3.8) is 0 Å². The summed E-state index contributed by atoms with van der Waals surface area (Å²) in [4.78, 5) is 14.6. The van der Waals surface area contributed by atoms with Crippen molar-refractivity contribution in [1.82, 2.24) is 24.4 Å². The Hall–Kier alpha value is -1.83. The van der Waals surface area contributed by atoms with Crippen molar-refractivity contribution in [3.05, 3.63) is 35.4 Å². The number of rotatable bonds is 4. The van der Waals surface area contributed by atoms with Crippen LogP contribution in [-0.2, 0) is 25.9 Å². The molecule has 0 aromatic carbocycles. The fourth-order valence-corrected chi connectivity index (χ4v) is 3.97. The van der Waals surface area contributed by atoms with Gasteiger partial charge in [0.25, 0.3) is 0 Å². The van der Waals surface area contributed by atoms with Crippen molar-refractivity contribution in [1.29, 1.82) is 0 Å². The van der Waals surface area contributed by atoms with Gasteiger partial charge in [0.1, 0.15) is 18.2 Å². The molecule has 2 aliphatic rings. The maximum atomic E-state index is 12.7. The van der Waals surface area contributed by atoms with Crippen molar-refractivity contribution in [3.8, 4) is 0 Å². The summed E-state index contributed by atoms with van der Waals surface area (Å²) in [5.74, 6) is 1.43. The highest BCUT2D eigenvalue weighted by atomic mass is 19.4. The smallest absolute Gasteiger partial charge is 0.344 e. The van der Waals surface area contributed by atoms with Gasteiger partial charge < -0.3 is 9.55 Å². The lowest BCUT2D eigenvalue weighted by Gasteiger charge is -2.23. The molecule has 136 valence electrons. The number of hydrogen-bond acceptors (Lipinski definition) is 3. The maximum absolute atomic E-state index is 12.7. The average molecular weight is 353 g/mol. The Bertz CT molecular complexity index is 709. The molecule has 1 aliphatic heterocycles. The third kappa shape index (κ3) is 3.58. The maximum Gasteiger partial charge on any atom is 0.406 e. The SMILES string of the molecule is FC(F)(F)Cn1ccnc1CN1CCC[C@H]1c1nc2c([nH]1)CCCC2. The van der Waals surface area contributed by atoms with E-state index in [9.17, 15) is 13.2 Å². The molecular weight excluding hydrogens is 331 g/mol. The van der Waals surface area contributed by atoms with E-state index < -0.39 is 12.7 Å². The van der Waals surface area contributed by atoms with E-state index in [1.165, 1.54) is 41.2 Å². The summed E-state index contributed by atoms with van der Waals surface area (Å²) < 4.78 is 39.3. The number of aromatic nitrogens is 4. The topological polar surface area (TPSA) is 49.7 Å². The Balaban J connectivity index is 1.51. The molecule has 2 aromatic heterocycles. The van der Waals surface area contributed by atoms with Crippen LogP contribution in [0.25, 0.3) is 0 Å². The van der Waals surface area contributed by atoms with Crippen LogP contribution >= 0.6 is 0 Å². The molecule has 0 radical (unpaired) electrons. The van der Waals surface area contributed by atoms with Crippen LogP contribution in [0.1, 0.15) is 54.8 Å². The van der Waals surface area contributed by atoms with Gasteiger partial charge in [-0.1, -0.05) is 0 Å². The molecule has 4 rings (SSSR count). The summed E-state index contributed by atoms with van der Waals surface area (Å²) in [6.45, 7) is 0.282. The highest BCUT2D eigenvalue weighted by molar-refractivity contribution is 5.19. The molecule has 0 saturated carbocycles. The number of nitrogens with one attached hydrogen (secondary N) is 1. The molecule has 1 atom stereocenters. The number of aryl methyl sites for hydroxylation is 2. The molecule has 5 nitrogen and oxygen atoms in total. The molecular formula is C17H22F3N5. The minimum absolute atomic E-state index is 0.140. The largest absolute Gasteiger partial charge is 0.406 e. The van der Waals surface area contributed by atoms with Gasteiger partial charge in [0.2, 0.25) is 0 Å². The number of imidazole rings is 2. The molecule has 0 amide bonds. The molecule has 0 spiro atoms. The van der Waals surface area contributed by atoms with Crippen LogP contribution in [-0.4, -0.2) is 37.1 Å². The van der Waals surface area contributed by atoms with Crippen molar-refractivity contribution in [2.75, 3.05) is 6.54 Å². The average Bonchev–Trinajstić information content (AvgIpc) is 3.26. The van der Waals surface area contributed by atoms with Gasteiger partial charge in [0.15, 0.2) is 0 Å². The zero-order valence-corrected chi connectivity index (χ0v) is 14.0. The van der Waals surface area contributed by atoms with E-state index in [0.717, 1.165) is 38.1 Å². The Morgan fingerprint density at radius 3 is 2.84 bits per heavy atom. The molecule has 1 saturated heterocycles. The Kier molecular flexibility index (Phi) is 4.31. The molecule has 1 fully saturated rings. The molecule has 0 bridgehead atoms. The van der Waals surface area contributed by atoms with Crippen molar-refractivity contribution < 1.29 is 13.2 Å². The van der Waals surface area contributed by atoms with Crippen LogP contribution < -0.4 is 0 Å². The number of hydrogen-bond donors (Lipinski definition) is 1. The lowest BCUT2D eigenvalue weighted by Crippen LogP contribution is -2.27. The van der Waals surface area contributed by atoms with Gasteiger partial charge in [0, 0.05) is 18.1 Å². The number of H-pyrrole nitrogens is 1. The zero-order chi connectivity index (χ0) is 17.4. The Morgan fingerprint density at radius 1 is 1.20 bits per heavy atom. The quantitative estimate of drug-likeness (QED) is 0.917. The fourth-order valence-electron chi connectivity index (χ4n) is 3.97. The predicted octanol–water partition coefficient (Wildman–Crippen LogP) is 3.38. The summed E-state index contributed by atoms with van der Waals surface area (Å²) in [5.41, 5.74) is 2.42. The zero-order valence-electron chi connectivity index (χ0n) is 14.0. The van der Waals surface area contributed by atoms with Gasteiger partial charge in [-0.05, 0) is 45.1 Å². The van der Waals surface area contributed by atoms with Crippen LogP contribution in [0.2, 0.25) is 0 Å². The third-order valence-corrected chi connectivity index (χ3v) is 5.15. The van der Waals surface area contributed by atoms with Crippen LogP contribution in [0.5, 0.6) is 0 Å². The van der Waals surface area contributed by atoms with Gasteiger partial charge in [-0.2, -0.15) is 13.2 Å².